The minimum Gasteiger partial charge on any atom is -0.456 e. The molecule has 0 N–H and O–H groups in total. The lowest BCUT2D eigenvalue weighted by Crippen LogP contribution is -2.28. The second-order valence-corrected chi connectivity index (χ2v) is 15.9. The molecule has 0 spiro atoms. The molecule has 12 aromatic rings. The fourth-order valence-corrected chi connectivity index (χ4v) is 10.6. The molecule has 0 radical (unpaired) electrons. The van der Waals surface area contributed by atoms with Crippen LogP contribution in [-0.2, 0) is 5.41 Å². The highest BCUT2D eigenvalue weighted by atomic mass is 16.3. The van der Waals surface area contributed by atoms with E-state index in [1.807, 2.05) is 6.07 Å². The molecule has 0 aliphatic heterocycles. The maximum Gasteiger partial charge on any atom is 0.136 e. The molecule has 0 fully saturated rings. The number of furan rings is 1. The molecule has 0 saturated carbocycles. The van der Waals surface area contributed by atoms with Crippen molar-refractivity contribution in [3.63, 3.8) is 0 Å². The van der Waals surface area contributed by atoms with Crippen LogP contribution in [0.25, 0.3) is 98.4 Å². The highest BCUT2D eigenvalue weighted by Crippen LogP contribution is 2.60. The van der Waals surface area contributed by atoms with E-state index in [1.165, 1.54) is 93.2 Å². The highest BCUT2D eigenvalue weighted by Gasteiger charge is 2.47. The van der Waals surface area contributed by atoms with Crippen molar-refractivity contribution in [2.45, 2.75) is 5.41 Å². The molecule has 0 saturated heterocycles. The van der Waals surface area contributed by atoms with E-state index in [0.717, 1.165) is 27.5 Å². The van der Waals surface area contributed by atoms with Crippen LogP contribution >= 0.6 is 0 Å². The summed E-state index contributed by atoms with van der Waals surface area (Å²) in [4.78, 5) is 0. The topological polar surface area (TPSA) is 13.1 Å². The smallest absolute Gasteiger partial charge is 0.136 e. The van der Waals surface area contributed by atoms with Crippen LogP contribution in [0.5, 0.6) is 0 Å². The van der Waals surface area contributed by atoms with Gasteiger partial charge in [-0.2, -0.15) is 0 Å². The number of rotatable bonds is 4. The van der Waals surface area contributed by atoms with Gasteiger partial charge in [0.15, 0.2) is 0 Å². The Kier molecular flexibility index (Phi) is 6.43. The number of hydrogen-bond donors (Lipinski definition) is 0. The maximum absolute atomic E-state index is 6.54. The van der Waals surface area contributed by atoms with Gasteiger partial charge in [0.2, 0.25) is 0 Å². The Labute approximate surface area is 335 Å². The summed E-state index contributed by atoms with van der Waals surface area (Å²) in [6.45, 7) is 0. The summed E-state index contributed by atoms with van der Waals surface area (Å²) >= 11 is 0. The summed E-state index contributed by atoms with van der Waals surface area (Å²) in [6, 6.07) is 76.6. The van der Waals surface area contributed by atoms with Gasteiger partial charge in [-0.1, -0.05) is 176 Å². The number of hydrogen-bond acceptors (Lipinski definition) is 1. The summed E-state index contributed by atoms with van der Waals surface area (Å²) in [5.74, 6) is 0. The molecule has 0 atom stereocenters. The first kappa shape index (κ1) is 31.7. The van der Waals surface area contributed by atoms with Gasteiger partial charge in [-0.25, -0.2) is 0 Å². The SMILES string of the molecule is c1ccc(C2(c3ccccc3)c3cc(-c4ccc5ccc6cccc7ccc4c5c67)ccc3-c3c2cc2ccccc2c3-c2ccc3c(c2)oc2ccccc23)cc1. The minimum absolute atomic E-state index is 0.588. The summed E-state index contributed by atoms with van der Waals surface area (Å²) < 4.78 is 6.54. The van der Waals surface area contributed by atoms with Gasteiger partial charge in [-0.05, 0) is 129 Å². The Morgan fingerprint density at radius 1 is 0.310 bits per heavy atom. The normalized spacial score (nSPS) is 13.3. The van der Waals surface area contributed by atoms with E-state index in [2.05, 4.69) is 200 Å². The fraction of sp³-hybridized carbons (Fsp3) is 0.0175. The van der Waals surface area contributed by atoms with Gasteiger partial charge in [0.1, 0.15) is 11.2 Å². The second-order valence-electron chi connectivity index (χ2n) is 15.9. The van der Waals surface area contributed by atoms with E-state index in [1.54, 1.807) is 0 Å². The molecule has 1 nitrogen and oxygen atoms in total. The van der Waals surface area contributed by atoms with Crippen molar-refractivity contribution in [3.05, 3.63) is 229 Å². The summed E-state index contributed by atoms with van der Waals surface area (Å²) in [7, 11) is 0. The van der Waals surface area contributed by atoms with Crippen molar-refractivity contribution >= 4 is 65.0 Å². The monoisotopic (exact) mass is 734 g/mol. The minimum atomic E-state index is -0.588. The molecular weight excluding hydrogens is 701 g/mol. The largest absolute Gasteiger partial charge is 0.456 e. The number of benzene rings is 11. The summed E-state index contributed by atoms with van der Waals surface area (Å²) in [6.07, 6.45) is 0. The Balaban J connectivity index is 1.16. The van der Waals surface area contributed by atoms with E-state index in [0.29, 0.717) is 0 Å². The molecule has 0 amide bonds. The lowest BCUT2D eigenvalue weighted by Gasteiger charge is -2.34. The molecule has 13 rings (SSSR count). The van der Waals surface area contributed by atoms with E-state index >= 15 is 0 Å². The first-order valence-electron chi connectivity index (χ1n) is 20.2. The number of para-hydroxylation sites is 1. The Hall–Kier alpha value is -7.48. The first-order chi connectivity index (χ1) is 28.8. The molecule has 1 heteroatoms. The molecule has 1 heterocycles. The van der Waals surface area contributed by atoms with Gasteiger partial charge in [0.25, 0.3) is 0 Å². The van der Waals surface area contributed by atoms with Crippen LogP contribution in [0.1, 0.15) is 22.3 Å². The fourth-order valence-electron chi connectivity index (χ4n) is 10.6. The predicted octanol–water partition coefficient (Wildman–Crippen LogP) is 15.3. The Bertz CT molecular complexity index is 3550. The Morgan fingerprint density at radius 3 is 1.69 bits per heavy atom. The van der Waals surface area contributed by atoms with Gasteiger partial charge < -0.3 is 4.42 Å². The molecule has 1 aromatic heterocycles. The predicted molar refractivity (Wildman–Crippen MR) is 243 cm³/mol. The third kappa shape index (κ3) is 4.20. The third-order valence-corrected chi connectivity index (χ3v) is 13.1. The second kappa shape index (κ2) is 11.8. The zero-order chi connectivity index (χ0) is 38.0. The van der Waals surface area contributed by atoms with Gasteiger partial charge in [-0.15, -0.1) is 0 Å². The van der Waals surface area contributed by atoms with Gasteiger partial charge in [-0.3, -0.25) is 0 Å². The van der Waals surface area contributed by atoms with Crippen LogP contribution in [0.15, 0.2) is 211 Å². The van der Waals surface area contributed by atoms with Crippen LogP contribution in [0, 0.1) is 0 Å². The van der Waals surface area contributed by atoms with Gasteiger partial charge >= 0.3 is 0 Å². The third-order valence-electron chi connectivity index (χ3n) is 13.1. The van der Waals surface area contributed by atoms with Crippen molar-refractivity contribution < 1.29 is 4.42 Å². The molecular formula is C57H34O. The highest BCUT2D eigenvalue weighted by molar-refractivity contribution is 6.25. The lowest BCUT2D eigenvalue weighted by atomic mass is 9.67. The molecule has 0 unspecified atom stereocenters. The molecule has 0 bridgehead atoms. The molecule has 58 heavy (non-hydrogen) atoms. The molecule has 1 aliphatic rings. The summed E-state index contributed by atoms with van der Waals surface area (Å²) in [5, 5.41) is 12.5. The zero-order valence-electron chi connectivity index (χ0n) is 31.5. The van der Waals surface area contributed by atoms with Crippen molar-refractivity contribution in [3.8, 4) is 33.4 Å². The molecule has 1 aliphatic carbocycles. The van der Waals surface area contributed by atoms with Crippen LogP contribution in [-0.4, -0.2) is 0 Å². The maximum atomic E-state index is 6.54. The average molecular weight is 735 g/mol. The first-order valence-corrected chi connectivity index (χ1v) is 20.2. The molecule has 268 valence electrons. The summed E-state index contributed by atoms with van der Waals surface area (Å²) in [5.41, 5.74) is 13.7. The van der Waals surface area contributed by atoms with Crippen molar-refractivity contribution in [2.24, 2.45) is 0 Å². The van der Waals surface area contributed by atoms with Crippen molar-refractivity contribution in [1.29, 1.82) is 0 Å². The zero-order valence-corrected chi connectivity index (χ0v) is 31.5. The van der Waals surface area contributed by atoms with E-state index in [4.69, 9.17) is 4.42 Å². The molecule has 11 aromatic carbocycles. The number of fused-ring (bicyclic) bond motifs is 7. The lowest BCUT2D eigenvalue weighted by molar-refractivity contribution is 0.669. The average Bonchev–Trinajstić information content (AvgIpc) is 3.80. The van der Waals surface area contributed by atoms with Crippen molar-refractivity contribution in [1.82, 2.24) is 0 Å². The van der Waals surface area contributed by atoms with E-state index in [-0.39, 0.29) is 0 Å². The van der Waals surface area contributed by atoms with Gasteiger partial charge in [0.05, 0.1) is 5.41 Å². The van der Waals surface area contributed by atoms with Crippen LogP contribution < -0.4 is 0 Å². The van der Waals surface area contributed by atoms with E-state index < -0.39 is 5.41 Å². The van der Waals surface area contributed by atoms with Gasteiger partial charge in [0, 0.05) is 10.8 Å². The standard InChI is InChI=1S/C57H34O/c1-3-15-41(16-4-1)57(42-17-5-2-6-18-42)49-32-39(43-28-24-37-23-22-35-13-11-14-36-25-30-47(43)54(37)53(35)36)26-31-48(49)56-50(57)33-38-12-7-8-19-44(38)55(56)40-27-29-46-45-20-9-10-21-51(45)58-52(46)34-40/h1-34H. The van der Waals surface area contributed by atoms with E-state index in [9.17, 15) is 0 Å². The van der Waals surface area contributed by atoms with Crippen LogP contribution in [0.2, 0.25) is 0 Å². The van der Waals surface area contributed by atoms with Crippen LogP contribution in [0.4, 0.5) is 0 Å². The Morgan fingerprint density at radius 2 is 0.897 bits per heavy atom. The van der Waals surface area contributed by atoms with Crippen LogP contribution in [0.3, 0.4) is 0 Å². The van der Waals surface area contributed by atoms with Crippen molar-refractivity contribution in [2.75, 3.05) is 0 Å². The quantitative estimate of drug-likeness (QED) is 0.164.